The summed E-state index contributed by atoms with van der Waals surface area (Å²) in [6, 6.07) is 0.373. The molecule has 2 heterocycles. The second-order valence-corrected chi connectivity index (χ2v) is 5.67. The number of nitrogens with zero attached hydrogens (tertiary/aromatic N) is 3. The monoisotopic (exact) mass is 264 g/mol. The Morgan fingerprint density at radius 3 is 3.11 bits per heavy atom. The molecule has 1 saturated heterocycles. The van der Waals surface area contributed by atoms with Crippen LogP contribution in [0.5, 0.6) is 0 Å². The molecule has 1 N–H and O–H groups in total. The lowest BCUT2D eigenvalue weighted by atomic mass is 10.2. The lowest BCUT2D eigenvalue weighted by Crippen LogP contribution is -2.47. The molecule has 0 spiro atoms. The Hall–Kier alpha value is -0.910. The van der Waals surface area contributed by atoms with E-state index in [1.807, 2.05) is 12.4 Å². The number of imidazole rings is 1. The van der Waals surface area contributed by atoms with E-state index in [0.29, 0.717) is 6.04 Å². The molecule has 1 unspecified atom stereocenters. The van der Waals surface area contributed by atoms with Crippen molar-refractivity contribution in [1.82, 2.24) is 19.8 Å². The highest BCUT2D eigenvalue weighted by Crippen LogP contribution is 2.28. The number of nitrogens with one attached hydrogen (secondary N) is 1. The molecule has 1 aliphatic carbocycles. The first kappa shape index (κ1) is 13.1. The first-order valence-electron chi connectivity index (χ1n) is 7.34. The highest BCUT2D eigenvalue weighted by molar-refractivity contribution is 5.02. The maximum atomic E-state index is 5.77. The van der Waals surface area contributed by atoms with Crippen LogP contribution in [0.4, 0.5) is 0 Å². The zero-order valence-electron chi connectivity index (χ0n) is 11.7. The van der Waals surface area contributed by atoms with E-state index in [1.165, 1.54) is 12.8 Å². The molecule has 2 aliphatic rings. The van der Waals surface area contributed by atoms with E-state index in [1.54, 1.807) is 0 Å². The molecule has 19 heavy (non-hydrogen) atoms. The summed E-state index contributed by atoms with van der Waals surface area (Å²) in [5.41, 5.74) is 0. The van der Waals surface area contributed by atoms with E-state index in [2.05, 4.69) is 26.8 Å². The van der Waals surface area contributed by atoms with Crippen LogP contribution in [0.25, 0.3) is 0 Å². The summed E-state index contributed by atoms with van der Waals surface area (Å²) in [6.07, 6.45) is 6.63. The van der Waals surface area contributed by atoms with Crippen molar-refractivity contribution in [1.29, 1.82) is 0 Å². The minimum Gasteiger partial charge on any atom is -0.380 e. The third-order valence-electron chi connectivity index (χ3n) is 4.08. The van der Waals surface area contributed by atoms with Gasteiger partial charge in [0.15, 0.2) is 0 Å². The van der Waals surface area contributed by atoms with E-state index >= 15 is 0 Å². The number of aryl methyl sites for hydroxylation is 1. The SMILES string of the molecule is Cn1ccnc1C1CNCCN1CCOCC1CC1. The Balaban J connectivity index is 1.52. The van der Waals surface area contributed by atoms with Crippen LogP contribution in [0.3, 0.4) is 0 Å². The minimum atomic E-state index is 0.373. The van der Waals surface area contributed by atoms with Crippen molar-refractivity contribution in [3.05, 3.63) is 18.2 Å². The van der Waals surface area contributed by atoms with Crippen LogP contribution >= 0.6 is 0 Å². The van der Waals surface area contributed by atoms with Gasteiger partial charge in [0, 0.05) is 52.2 Å². The van der Waals surface area contributed by atoms with E-state index in [-0.39, 0.29) is 0 Å². The molecule has 1 aromatic rings. The largest absolute Gasteiger partial charge is 0.380 e. The minimum absolute atomic E-state index is 0.373. The van der Waals surface area contributed by atoms with Gasteiger partial charge in [-0.3, -0.25) is 4.90 Å². The number of ether oxygens (including phenoxy) is 1. The Kier molecular flexibility index (Phi) is 4.15. The van der Waals surface area contributed by atoms with Gasteiger partial charge in [-0.1, -0.05) is 0 Å². The molecule has 0 bridgehead atoms. The molecule has 5 nitrogen and oxygen atoms in total. The average Bonchev–Trinajstić information content (AvgIpc) is 3.16. The van der Waals surface area contributed by atoms with Gasteiger partial charge in [0.05, 0.1) is 12.6 Å². The molecule has 1 aliphatic heterocycles. The van der Waals surface area contributed by atoms with E-state index in [0.717, 1.165) is 51.1 Å². The van der Waals surface area contributed by atoms with Gasteiger partial charge in [0.1, 0.15) is 5.82 Å². The molecular weight excluding hydrogens is 240 g/mol. The smallest absolute Gasteiger partial charge is 0.127 e. The fourth-order valence-electron chi connectivity index (χ4n) is 2.68. The van der Waals surface area contributed by atoms with Crippen LogP contribution in [0, 0.1) is 5.92 Å². The van der Waals surface area contributed by atoms with Gasteiger partial charge in [0.25, 0.3) is 0 Å². The predicted octanol–water partition coefficient (Wildman–Crippen LogP) is 0.793. The standard InChI is InChI=1S/C14H24N4O/c1-17-6-5-16-14(17)13-10-15-4-7-18(13)8-9-19-11-12-2-3-12/h5-6,12-13,15H,2-4,7-11H2,1H3. The van der Waals surface area contributed by atoms with Crippen molar-refractivity contribution in [3.8, 4) is 0 Å². The number of hydrogen-bond donors (Lipinski definition) is 1. The van der Waals surface area contributed by atoms with Crippen molar-refractivity contribution in [3.63, 3.8) is 0 Å². The molecule has 3 rings (SSSR count). The number of hydrogen-bond acceptors (Lipinski definition) is 4. The van der Waals surface area contributed by atoms with E-state index in [4.69, 9.17) is 4.74 Å². The summed E-state index contributed by atoms with van der Waals surface area (Å²) in [7, 11) is 2.07. The van der Waals surface area contributed by atoms with Crippen LogP contribution in [-0.4, -0.2) is 53.8 Å². The van der Waals surface area contributed by atoms with Gasteiger partial charge < -0.3 is 14.6 Å². The van der Waals surface area contributed by atoms with Crippen molar-refractivity contribution in [2.24, 2.45) is 13.0 Å². The van der Waals surface area contributed by atoms with E-state index < -0.39 is 0 Å². The van der Waals surface area contributed by atoms with Crippen molar-refractivity contribution < 1.29 is 4.74 Å². The highest BCUT2D eigenvalue weighted by atomic mass is 16.5. The highest BCUT2D eigenvalue weighted by Gasteiger charge is 2.26. The lowest BCUT2D eigenvalue weighted by Gasteiger charge is -2.35. The molecule has 2 fully saturated rings. The fraction of sp³-hybridized carbons (Fsp3) is 0.786. The molecule has 0 amide bonds. The molecule has 0 radical (unpaired) electrons. The van der Waals surface area contributed by atoms with Crippen LogP contribution in [0.1, 0.15) is 24.7 Å². The molecule has 1 atom stereocenters. The topological polar surface area (TPSA) is 42.3 Å². The molecule has 0 aromatic carbocycles. The summed E-state index contributed by atoms with van der Waals surface area (Å²) in [5.74, 6) is 2.00. The Morgan fingerprint density at radius 2 is 2.37 bits per heavy atom. The Morgan fingerprint density at radius 1 is 1.47 bits per heavy atom. The number of piperazine rings is 1. The van der Waals surface area contributed by atoms with Gasteiger partial charge in [-0.25, -0.2) is 4.98 Å². The molecular formula is C14H24N4O. The van der Waals surface area contributed by atoms with Crippen molar-refractivity contribution in [2.75, 3.05) is 39.4 Å². The maximum absolute atomic E-state index is 5.77. The number of rotatable bonds is 6. The molecule has 5 heteroatoms. The summed E-state index contributed by atoms with van der Waals surface area (Å²) in [4.78, 5) is 6.99. The maximum Gasteiger partial charge on any atom is 0.127 e. The second-order valence-electron chi connectivity index (χ2n) is 5.67. The van der Waals surface area contributed by atoms with Crippen LogP contribution in [0.2, 0.25) is 0 Å². The lowest BCUT2D eigenvalue weighted by molar-refractivity contribution is 0.0688. The first-order valence-corrected chi connectivity index (χ1v) is 7.34. The quantitative estimate of drug-likeness (QED) is 0.772. The summed E-state index contributed by atoms with van der Waals surface area (Å²) < 4.78 is 7.89. The van der Waals surface area contributed by atoms with Crippen molar-refractivity contribution in [2.45, 2.75) is 18.9 Å². The second kappa shape index (κ2) is 6.03. The molecule has 1 aromatic heterocycles. The normalized spacial score (nSPS) is 24.8. The zero-order valence-corrected chi connectivity index (χ0v) is 11.7. The Labute approximate surface area is 114 Å². The average molecular weight is 264 g/mol. The summed E-state index contributed by atoms with van der Waals surface area (Å²) in [6.45, 7) is 5.92. The fourth-order valence-corrected chi connectivity index (χ4v) is 2.68. The van der Waals surface area contributed by atoms with Crippen LogP contribution in [-0.2, 0) is 11.8 Å². The van der Waals surface area contributed by atoms with Gasteiger partial charge in [-0.2, -0.15) is 0 Å². The number of aromatic nitrogens is 2. The third kappa shape index (κ3) is 3.35. The Bertz CT molecular complexity index is 402. The third-order valence-corrected chi connectivity index (χ3v) is 4.08. The van der Waals surface area contributed by atoms with Gasteiger partial charge in [-0.15, -0.1) is 0 Å². The summed E-state index contributed by atoms with van der Waals surface area (Å²) in [5, 5.41) is 3.46. The van der Waals surface area contributed by atoms with Gasteiger partial charge in [-0.05, 0) is 18.8 Å². The van der Waals surface area contributed by atoms with E-state index in [9.17, 15) is 0 Å². The zero-order chi connectivity index (χ0) is 13.1. The summed E-state index contributed by atoms with van der Waals surface area (Å²) >= 11 is 0. The molecule has 1 saturated carbocycles. The van der Waals surface area contributed by atoms with Crippen molar-refractivity contribution >= 4 is 0 Å². The van der Waals surface area contributed by atoms with Gasteiger partial charge in [0.2, 0.25) is 0 Å². The van der Waals surface area contributed by atoms with Gasteiger partial charge >= 0.3 is 0 Å². The van der Waals surface area contributed by atoms with Crippen LogP contribution in [0.15, 0.2) is 12.4 Å². The first-order chi connectivity index (χ1) is 9.34. The molecule has 106 valence electrons. The predicted molar refractivity (Wildman–Crippen MR) is 73.9 cm³/mol. The van der Waals surface area contributed by atoms with Crippen LogP contribution < -0.4 is 5.32 Å².